The van der Waals surface area contributed by atoms with Crippen molar-refractivity contribution >= 4 is 49.9 Å². The van der Waals surface area contributed by atoms with Gasteiger partial charge in [0.1, 0.15) is 5.75 Å². The normalized spacial score (nSPS) is 10.8. The molecule has 1 aromatic carbocycles. The number of nitrogens with zero attached hydrogens (tertiary/aromatic N) is 2. The van der Waals surface area contributed by atoms with Gasteiger partial charge in [0.25, 0.3) is 5.89 Å². The molecule has 3 aromatic rings. The molecule has 0 saturated heterocycles. The Morgan fingerprint density at radius 2 is 2.11 bits per heavy atom. The Kier molecular flexibility index (Phi) is 3.59. The number of rotatable bonds is 2. The largest absolute Gasteiger partial charge is 0.507 e. The fourth-order valence-corrected chi connectivity index (χ4v) is 3.35. The van der Waals surface area contributed by atoms with Crippen LogP contribution >= 0.6 is 49.9 Å². The van der Waals surface area contributed by atoms with Gasteiger partial charge in [-0.1, -0.05) is 5.16 Å². The summed E-state index contributed by atoms with van der Waals surface area (Å²) in [7, 11) is 0. The first-order chi connectivity index (χ1) is 9.13. The number of aromatic nitrogens is 2. The molecular weight excluding hydrogens is 443 g/mol. The number of phenolic OH excluding ortho intramolecular Hbond substituents is 1. The van der Waals surface area contributed by atoms with E-state index in [1.165, 1.54) is 11.3 Å². The predicted octanol–water partition coefficient (Wildman–Crippen LogP) is 4.54. The smallest absolute Gasteiger partial charge is 0.262 e. The van der Waals surface area contributed by atoms with Gasteiger partial charge in [0.2, 0.25) is 5.82 Å². The van der Waals surface area contributed by atoms with Crippen molar-refractivity contribution in [2.24, 2.45) is 0 Å². The molecule has 2 aromatic heterocycles. The van der Waals surface area contributed by atoms with Gasteiger partial charge in [-0.2, -0.15) is 4.98 Å². The van der Waals surface area contributed by atoms with Gasteiger partial charge in [-0.25, -0.2) is 0 Å². The minimum absolute atomic E-state index is 0.128. The Bertz CT molecular complexity index is 741. The zero-order chi connectivity index (χ0) is 13.4. The van der Waals surface area contributed by atoms with E-state index in [-0.39, 0.29) is 5.75 Å². The molecule has 0 fully saturated rings. The van der Waals surface area contributed by atoms with Crippen LogP contribution in [0.15, 0.2) is 38.6 Å². The van der Waals surface area contributed by atoms with Crippen LogP contribution in [0.5, 0.6) is 5.75 Å². The summed E-state index contributed by atoms with van der Waals surface area (Å²) in [4.78, 5) is 5.22. The molecule has 0 unspecified atom stereocenters. The first-order valence-corrected chi connectivity index (χ1v) is 7.90. The van der Waals surface area contributed by atoms with Crippen LogP contribution in [0.1, 0.15) is 0 Å². The standard InChI is InChI=1S/C12H6BrIN2O2S/c13-10-4-3-9(19-10)11-15-12(18-16-11)7-5-6(14)1-2-8(7)17/h1-5,17H. The minimum atomic E-state index is 0.128. The van der Waals surface area contributed by atoms with Crippen LogP contribution in [-0.4, -0.2) is 15.2 Å². The van der Waals surface area contributed by atoms with Crippen LogP contribution in [0.25, 0.3) is 22.2 Å². The van der Waals surface area contributed by atoms with Crippen molar-refractivity contribution in [2.45, 2.75) is 0 Å². The second-order valence-electron chi connectivity index (χ2n) is 3.69. The number of halogens is 2. The van der Waals surface area contributed by atoms with Gasteiger partial charge in [0.05, 0.1) is 14.2 Å². The molecule has 0 aliphatic rings. The number of hydrogen-bond acceptors (Lipinski definition) is 5. The molecule has 0 spiro atoms. The van der Waals surface area contributed by atoms with Gasteiger partial charge >= 0.3 is 0 Å². The minimum Gasteiger partial charge on any atom is -0.507 e. The van der Waals surface area contributed by atoms with E-state index in [4.69, 9.17) is 4.52 Å². The van der Waals surface area contributed by atoms with Gasteiger partial charge in [0.15, 0.2) is 0 Å². The molecule has 7 heteroatoms. The first kappa shape index (κ1) is 13.1. The molecule has 0 saturated carbocycles. The Morgan fingerprint density at radius 1 is 1.26 bits per heavy atom. The van der Waals surface area contributed by atoms with E-state index in [0.29, 0.717) is 17.3 Å². The van der Waals surface area contributed by atoms with Crippen LogP contribution in [0, 0.1) is 3.57 Å². The summed E-state index contributed by atoms with van der Waals surface area (Å²) in [6.45, 7) is 0. The van der Waals surface area contributed by atoms with Gasteiger partial charge in [0, 0.05) is 3.57 Å². The third-order valence-corrected chi connectivity index (χ3v) is 4.70. The topological polar surface area (TPSA) is 59.2 Å². The molecule has 3 rings (SSSR count). The number of thiophene rings is 1. The first-order valence-electron chi connectivity index (χ1n) is 5.22. The van der Waals surface area contributed by atoms with Crippen molar-refractivity contribution in [3.63, 3.8) is 0 Å². The maximum absolute atomic E-state index is 9.84. The number of benzene rings is 1. The van der Waals surface area contributed by atoms with E-state index in [1.54, 1.807) is 12.1 Å². The molecule has 0 aliphatic carbocycles. The molecule has 0 radical (unpaired) electrons. The summed E-state index contributed by atoms with van der Waals surface area (Å²) in [5, 5.41) is 13.8. The molecule has 2 heterocycles. The lowest BCUT2D eigenvalue weighted by Crippen LogP contribution is -1.81. The highest BCUT2D eigenvalue weighted by Gasteiger charge is 2.15. The molecule has 0 aliphatic heterocycles. The van der Waals surface area contributed by atoms with Crippen molar-refractivity contribution in [1.82, 2.24) is 10.1 Å². The maximum atomic E-state index is 9.84. The average molecular weight is 449 g/mol. The summed E-state index contributed by atoms with van der Waals surface area (Å²) in [6, 6.07) is 9.07. The van der Waals surface area contributed by atoms with Gasteiger partial charge in [-0.05, 0) is 68.9 Å². The van der Waals surface area contributed by atoms with Gasteiger partial charge < -0.3 is 9.63 Å². The van der Waals surface area contributed by atoms with Crippen molar-refractivity contribution in [1.29, 1.82) is 0 Å². The van der Waals surface area contributed by atoms with E-state index in [2.05, 4.69) is 48.7 Å². The van der Waals surface area contributed by atoms with Crippen LogP contribution in [-0.2, 0) is 0 Å². The van der Waals surface area contributed by atoms with Crippen molar-refractivity contribution in [2.75, 3.05) is 0 Å². The zero-order valence-corrected chi connectivity index (χ0v) is 13.9. The molecule has 96 valence electrons. The third kappa shape index (κ3) is 2.67. The monoisotopic (exact) mass is 448 g/mol. The number of hydrogen-bond donors (Lipinski definition) is 1. The highest BCUT2D eigenvalue weighted by Crippen LogP contribution is 2.33. The Morgan fingerprint density at radius 3 is 2.84 bits per heavy atom. The van der Waals surface area contributed by atoms with Crippen LogP contribution in [0.2, 0.25) is 0 Å². The fourth-order valence-electron chi connectivity index (χ4n) is 1.55. The summed E-state index contributed by atoms with van der Waals surface area (Å²) >= 11 is 7.08. The second-order valence-corrected chi connectivity index (χ2v) is 7.40. The van der Waals surface area contributed by atoms with Crippen LogP contribution in [0.4, 0.5) is 0 Å². The molecule has 4 nitrogen and oxygen atoms in total. The second kappa shape index (κ2) is 5.22. The number of phenols is 1. The molecule has 0 atom stereocenters. The van der Waals surface area contributed by atoms with Crippen molar-refractivity contribution in [3.05, 3.63) is 37.7 Å². The predicted molar refractivity (Wildman–Crippen MR) is 85.1 cm³/mol. The quantitative estimate of drug-likeness (QED) is 0.585. The lowest BCUT2D eigenvalue weighted by Gasteiger charge is -1.99. The van der Waals surface area contributed by atoms with Crippen LogP contribution in [0.3, 0.4) is 0 Å². The third-order valence-electron chi connectivity index (χ3n) is 2.41. The Balaban J connectivity index is 2.03. The fraction of sp³-hybridized carbons (Fsp3) is 0. The van der Waals surface area contributed by atoms with Gasteiger partial charge in [-0.15, -0.1) is 11.3 Å². The van der Waals surface area contributed by atoms with Crippen molar-refractivity contribution in [3.8, 4) is 27.9 Å². The highest BCUT2D eigenvalue weighted by atomic mass is 127. The molecular formula is C12H6BrIN2O2S. The molecule has 0 bridgehead atoms. The summed E-state index contributed by atoms with van der Waals surface area (Å²) < 4.78 is 7.21. The highest BCUT2D eigenvalue weighted by molar-refractivity contribution is 14.1. The summed E-state index contributed by atoms with van der Waals surface area (Å²) in [5.41, 5.74) is 0.543. The van der Waals surface area contributed by atoms with E-state index < -0.39 is 0 Å². The lowest BCUT2D eigenvalue weighted by molar-refractivity contribution is 0.426. The molecule has 1 N–H and O–H groups in total. The van der Waals surface area contributed by atoms with Crippen molar-refractivity contribution < 1.29 is 9.63 Å². The van der Waals surface area contributed by atoms with E-state index >= 15 is 0 Å². The van der Waals surface area contributed by atoms with Crippen LogP contribution < -0.4 is 0 Å². The van der Waals surface area contributed by atoms with E-state index in [9.17, 15) is 5.11 Å². The Labute approximate surface area is 134 Å². The zero-order valence-electron chi connectivity index (χ0n) is 9.30. The summed E-state index contributed by atoms with van der Waals surface area (Å²) in [6.07, 6.45) is 0. The van der Waals surface area contributed by atoms with E-state index in [1.807, 2.05) is 18.2 Å². The molecule has 19 heavy (non-hydrogen) atoms. The SMILES string of the molecule is Oc1ccc(I)cc1-c1nc(-c2ccc(Br)s2)no1. The Hall–Kier alpha value is -0.930. The summed E-state index contributed by atoms with van der Waals surface area (Å²) in [5.74, 6) is 0.961. The lowest BCUT2D eigenvalue weighted by atomic mass is 10.2. The average Bonchev–Trinajstić information content (AvgIpc) is 3.00. The number of aromatic hydroxyl groups is 1. The maximum Gasteiger partial charge on any atom is 0.262 e. The van der Waals surface area contributed by atoms with E-state index in [0.717, 1.165) is 12.2 Å². The van der Waals surface area contributed by atoms with Gasteiger partial charge in [-0.3, -0.25) is 0 Å². The molecule has 0 amide bonds.